The van der Waals surface area contributed by atoms with Crippen molar-refractivity contribution in [2.24, 2.45) is 0 Å². The van der Waals surface area contributed by atoms with Crippen LogP contribution in [0.2, 0.25) is 0 Å². The van der Waals surface area contributed by atoms with Gasteiger partial charge in [0.25, 0.3) is 18.2 Å². The molecule has 144 valence electrons. The predicted octanol–water partition coefficient (Wildman–Crippen LogP) is 6.95. The summed E-state index contributed by atoms with van der Waals surface area (Å²) in [4.78, 5) is 0. The number of benzene rings is 3. The summed E-state index contributed by atoms with van der Waals surface area (Å²) in [7, 11) is 0. The molecular weight excluding hydrogens is 364 g/mol. The van der Waals surface area contributed by atoms with Crippen molar-refractivity contribution in [2.45, 2.75) is 20.1 Å². The molecule has 0 N–H and O–H groups in total. The third-order valence-electron chi connectivity index (χ3n) is 4.82. The maximum atomic E-state index is 6.10. The largest absolute Gasteiger partial charge is 0.426 e. The minimum atomic E-state index is -0.709. The highest BCUT2D eigenvalue weighted by Crippen LogP contribution is 2.33. The first-order valence-electron chi connectivity index (χ1n) is 9.53. The summed E-state index contributed by atoms with van der Waals surface area (Å²) in [6, 6.07) is 25.5. The molecule has 29 heavy (non-hydrogen) atoms. The second kappa shape index (κ2) is 7.06. The molecule has 0 bridgehead atoms. The number of hydrogen-bond donors (Lipinski definition) is 0. The fraction of sp³-hybridized carbons (Fsp3) is 0.120. The van der Waals surface area contributed by atoms with E-state index in [1.165, 1.54) is 11.1 Å². The summed E-state index contributed by atoms with van der Waals surface area (Å²) in [6.07, 6.45) is -0.709. The molecule has 0 amide bonds. The Bertz CT molecular complexity index is 1200. The van der Waals surface area contributed by atoms with Gasteiger partial charge in [-0.2, -0.15) is 0 Å². The summed E-state index contributed by atoms with van der Waals surface area (Å²) in [5.74, 6) is 0.790. The second-order valence-corrected chi connectivity index (χ2v) is 7.19. The molecule has 5 aromatic rings. The highest BCUT2D eigenvalue weighted by atomic mass is 16.7. The number of aryl methyl sites for hydroxylation is 2. The molecule has 0 atom stereocenters. The van der Waals surface area contributed by atoms with Crippen molar-refractivity contribution < 1.29 is 18.3 Å². The Morgan fingerprint density at radius 2 is 1.14 bits per heavy atom. The highest BCUT2D eigenvalue weighted by Gasteiger charge is 2.20. The van der Waals surface area contributed by atoms with Crippen LogP contribution >= 0.6 is 0 Å². The zero-order chi connectivity index (χ0) is 19.8. The average Bonchev–Trinajstić information content (AvgIpc) is 3.30. The van der Waals surface area contributed by atoms with E-state index in [9.17, 15) is 0 Å². The molecule has 0 radical (unpaired) electrons. The van der Waals surface area contributed by atoms with Crippen molar-refractivity contribution >= 4 is 21.9 Å². The number of rotatable bonds is 5. The van der Waals surface area contributed by atoms with Gasteiger partial charge in [-0.05, 0) is 38.1 Å². The molecular formula is C25H20O4. The van der Waals surface area contributed by atoms with E-state index in [2.05, 4.69) is 12.1 Å². The van der Waals surface area contributed by atoms with E-state index >= 15 is 0 Å². The first kappa shape index (κ1) is 17.4. The monoisotopic (exact) mass is 384 g/mol. The molecule has 0 spiro atoms. The van der Waals surface area contributed by atoms with Crippen LogP contribution in [0.3, 0.4) is 0 Å². The average molecular weight is 384 g/mol. The van der Waals surface area contributed by atoms with Crippen molar-refractivity contribution in [3.05, 3.63) is 95.6 Å². The lowest BCUT2D eigenvalue weighted by Crippen LogP contribution is -2.14. The normalized spacial score (nSPS) is 11.4. The molecule has 0 saturated heterocycles. The van der Waals surface area contributed by atoms with Crippen LogP contribution < -0.4 is 9.47 Å². The molecule has 3 aromatic carbocycles. The quantitative estimate of drug-likeness (QED) is 0.308. The van der Waals surface area contributed by atoms with E-state index < -0.39 is 6.29 Å². The molecule has 0 fully saturated rings. The van der Waals surface area contributed by atoms with Gasteiger partial charge in [0, 0.05) is 28.5 Å². The van der Waals surface area contributed by atoms with Crippen LogP contribution in [0, 0.1) is 13.8 Å². The number of furan rings is 2. The van der Waals surface area contributed by atoms with E-state index in [-0.39, 0.29) is 0 Å². The van der Waals surface area contributed by atoms with Gasteiger partial charge in [0.05, 0.1) is 0 Å². The van der Waals surface area contributed by atoms with Gasteiger partial charge in [-0.25, -0.2) is 0 Å². The van der Waals surface area contributed by atoms with Crippen molar-refractivity contribution in [2.75, 3.05) is 0 Å². The molecule has 0 aliphatic carbocycles. The summed E-state index contributed by atoms with van der Waals surface area (Å²) in [6.45, 7) is 4.10. The number of hydrogen-bond acceptors (Lipinski definition) is 4. The van der Waals surface area contributed by atoms with Crippen LogP contribution in [0.15, 0.2) is 87.7 Å². The van der Waals surface area contributed by atoms with Crippen LogP contribution in [0.5, 0.6) is 11.9 Å². The second-order valence-electron chi connectivity index (χ2n) is 7.19. The zero-order valence-electron chi connectivity index (χ0n) is 16.2. The molecule has 0 aliphatic rings. The maximum absolute atomic E-state index is 6.10. The van der Waals surface area contributed by atoms with Crippen molar-refractivity contribution in [1.29, 1.82) is 0 Å². The van der Waals surface area contributed by atoms with Crippen molar-refractivity contribution in [3.63, 3.8) is 0 Å². The standard InChI is InChI=1S/C25H20O4/c1-16-8-10-21-19(12-16)14-23(26-21)28-25(18-6-4-3-5-7-18)29-24-15-20-13-17(2)9-11-22(20)27-24/h3-15,25H,1-2H3. The zero-order valence-corrected chi connectivity index (χ0v) is 16.2. The molecule has 5 rings (SSSR count). The van der Waals surface area contributed by atoms with Gasteiger partial charge in [-0.3, -0.25) is 0 Å². The first-order chi connectivity index (χ1) is 14.1. The smallest absolute Gasteiger partial charge is 0.288 e. The van der Waals surface area contributed by atoms with Crippen molar-refractivity contribution in [3.8, 4) is 11.9 Å². The van der Waals surface area contributed by atoms with Gasteiger partial charge >= 0.3 is 0 Å². The third kappa shape index (κ3) is 3.57. The summed E-state index contributed by atoms with van der Waals surface area (Å²) >= 11 is 0. The Morgan fingerprint density at radius 3 is 1.66 bits per heavy atom. The molecule has 2 aromatic heterocycles. The van der Waals surface area contributed by atoms with Gasteiger partial charge in [0.1, 0.15) is 11.2 Å². The van der Waals surface area contributed by atoms with Gasteiger partial charge in [0.15, 0.2) is 0 Å². The van der Waals surface area contributed by atoms with E-state index in [4.69, 9.17) is 18.3 Å². The van der Waals surface area contributed by atoms with E-state index in [1.807, 2.05) is 80.6 Å². The molecule has 0 unspecified atom stereocenters. The highest BCUT2D eigenvalue weighted by molar-refractivity contribution is 5.80. The Balaban J connectivity index is 1.48. The molecule has 4 nitrogen and oxygen atoms in total. The minimum absolute atomic E-state index is 0.395. The van der Waals surface area contributed by atoms with E-state index in [1.54, 1.807) is 0 Å². The summed E-state index contributed by atoms with van der Waals surface area (Å²) < 4.78 is 23.9. The Hall–Kier alpha value is -3.66. The number of fused-ring (bicyclic) bond motifs is 2. The molecule has 0 aliphatic heterocycles. The molecule has 0 saturated carbocycles. The SMILES string of the molecule is Cc1ccc2oc(OC(Oc3cc4cc(C)ccc4o3)c3ccccc3)cc2c1. The van der Waals surface area contributed by atoms with Crippen LogP contribution in [0.1, 0.15) is 23.0 Å². The predicted molar refractivity (Wildman–Crippen MR) is 112 cm³/mol. The first-order valence-corrected chi connectivity index (χ1v) is 9.53. The van der Waals surface area contributed by atoms with Gasteiger partial charge in [0.2, 0.25) is 0 Å². The minimum Gasteiger partial charge on any atom is -0.426 e. The van der Waals surface area contributed by atoms with Gasteiger partial charge < -0.3 is 18.3 Å². The van der Waals surface area contributed by atoms with Crippen LogP contribution in [0.4, 0.5) is 0 Å². The van der Waals surface area contributed by atoms with Gasteiger partial charge in [-0.15, -0.1) is 0 Å². The maximum Gasteiger partial charge on any atom is 0.288 e. The van der Waals surface area contributed by atoms with E-state index in [0.29, 0.717) is 11.9 Å². The van der Waals surface area contributed by atoms with Crippen LogP contribution in [-0.2, 0) is 0 Å². The van der Waals surface area contributed by atoms with Gasteiger partial charge in [-0.1, -0.05) is 53.6 Å². The Labute approximate surface area is 168 Å². The molecule has 2 heterocycles. The third-order valence-corrected chi connectivity index (χ3v) is 4.82. The summed E-state index contributed by atoms with van der Waals surface area (Å²) in [5.41, 5.74) is 4.74. The lowest BCUT2D eigenvalue weighted by molar-refractivity contribution is -0.0263. The lowest BCUT2D eigenvalue weighted by atomic mass is 10.2. The fourth-order valence-corrected chi connectivity index (χ4v) is 3.37. The fourth-order valence-electron chi connectivity index (χ4n) is 3.37. The van der Waals surface area contributed by atoms with Crippen LogP contribution in [-0.4, -0.2) is 0 Å². The Kier molecular flexibility index (Phi) is 4.24. The molecule has 4 heteroatoms. The van der Waals surface area contributed by atoms with Crippen LogP contribution in [0.25, 0.3) is 21.9 Å². The number of ether oxygens (including phenoxy) is 2. The van der Waals surface area contributed by atoms with E-state index in [0.717, 1.165) is 27.5 Å². The topological polar surface area (TPSA) is 44.7 Å². The Morgan fingerprint density at radius 1 is 0.621 bits per heavy atom. The van der Waals surface area contributed by atoms with Crippen molar-refractivity contribution in [1.82, 2.24) is 0 Å². The lowest BCUT2D eigenvalue weighted by Gasteiger charge is -2.17. The summed E-state index contributed by atoms with van der Waals surface area (Å²) in [5, 5.41) is 1.98.